The van der Waals surface area contributed by atoms with Crippen LogP contribution in [0.2, 0.25) is 0 Å². The molecule has 130 valence electrons. The molecule has 2 atom stereocenters. The van der Waals surface area contributed by atoms with E-state index < -0.39 is 0 Å². The van der Waals surface area contributed by atoms with Gasteiger partial charge in [-0.25, -0.2) is 0 Å². The average Bonchev–Trinajstić information content (AvgIpc) is 2.57. The lowest BCUT2D eigenvalue weighted by Crippen LogP contribution is -2.32. The zero-order valence-electron chi connectivity index (χ0n) is 14.6. The molecule has 2 unspecified atom stereocenters. The summed E-state index contributed by atoms with van der Waals surface area (Å²) in [5, 5.41) is 2.94. The largest absolute Gasteiger partial charge is 0.463 e. The fraction of sp³-hybridized carbons (Fsp3) is 0.400. The third-order valence-electron chi connectivity index (χ3n) is 3.63. The Bertz CT molecular complexity index is 566. The molecule has 0 saturated heterocycles. The van der Waals surface area contributed by atoms with Gasteiger partial charge in [-0.15, -0.1) is 13.2 Å². The minimum atomic E-state index is -0.358. The minimum Gasteiger partial charge on any atom is -0.463 e. The lowest BCUT2D eigenvalue weighted by atomic mass is 10.1. The van der Waals surface area contributed by atoms with Gasteiger partial charge in [0.25, 0.3) is 0 Å². The molecule has 1 amide bonds. The standard InChI is InChI=1S/C20H27NO3/c1-5-9-16(4)20(23)24-14-18(17-10-7-6-8-11-17)21-19(22)13-12-15(2)3/h5-8,10-11,16,18H,1-2,9,12-14H2,3-4H3,(H,21,22). The van der Waals surface area contributed by atoms with E-state index in [0.29, 0.717) is 19.3 Å². The molecule has 0 aliphatic carbocycles. The van der Waals surface area contributed by atoms with Crippen LogP contribution in [0.15, 0.2) is 55.1 Å². The monoisotopic (exact) mass is 329 g/mol. The van der Waals surface area contributed by atoms with Gasteiger partial charge in [0.05, 0.1) is 12.0 Å². The molecule has 0 aliphatic rings. The second-order valence-electron chi connectivity index (χ2n) is 6.04. The summed E-state index contributed by atoms with van der Waals surface area (Å²) in [6, 6.07) is 9.15. The van der Waals surface area contributed by atoms with Crippen molar-refractivity contribution in [3.63, 3.8) is 0 Å². The van der Waals surface area contributed by atoms with Gasteiger partial charge in [-0.05, 0) is 25.3 Å². The Balaban J connectivity index is 2.69. The van der Waals surface area contributed by atoms with E-state index in [0.717, 1.165) is 11.1 Å². The van der Waals surface area contributed by atoms with Crippen LogP contribution in [0.5, 0.6) is 0 Å². The number of benzene rings is 1. The first-order valence-electron chi connectivity index (χ1n) is 8.20. The van der Waals surface area contributed by atoms with Crippen LogP contribution in [-0.4, -0.2) is 18.5 Å². The van der Waals surface area contributed by atoms with Crippen molar-refractivity contribution in [3.05, 3.63) is 60.7 Å². The number of nitrogens with one attached hydrogen (secondary N) is 1. The zero-order chi connectivity index (χ0) is 17.9. The third kappa shape index (κ3) is 7.27. The number of allylic oxidation sites excluding steroid dienone is 2. The van der Waals surface area contributed by atoms with Crippen LogP contribution in [0.1, 0.15) is 44.7 Å². The summed E-state index contributed by atoms with van der Waals surface area (Å²) in [7, 11) is 0. The first-order valence-corrected chi connectivity index (χ1v) is 8.20. The maximum atomic E-state index is 12.1. The molecule has 24 heavy (non-hydrogen) atoms. The molecule has 4 heteroatoms. The predicted molar refractivity (Wildman–Crippen MR) is 96.3 cm³/mol. The molecule has 1 N–H and O–H groups in total. The third-order valence-corrected chi connectivity index (χ3v) is 3.63. The molecule has 0 heterocycles. The number of amides is 1. The highest BCUT2D eigenvalue weighted by molar-refractivity contribution is 5.77. The Kier molecular flexibility index (Phi) is 8.55. The van der Waals surface area contributed by atoms with Gasteiger partial charge >= 0.3 is 5.97 Å². The van der Waals surface area contributed by atoms with Crippen molar-refractivity contribution in [2.75, 3.05) is 6.61 Å². The maximum Gasteiger partial charge on any atom is 0.309 e. The molecular formula is C20H27NO3. The van der Waals surface area contributed by atoms with Gasteiger partial charge in [-0.2, -0.15) is 0 Å². The van der Waals surface area contributed by atoms with Crippen LogP contribution in [0, 0.1) is 5.92 Å². The topological polar surface area (TPSA) is 55.4 Å². The van der Waals surface area contributed by atoms with Crippen molar-refractivity contribution in [1.82, 2.24) is 5.32 Å². The van der Waals surface area contributed by atoms with Crippen molar-refractivity contribution in [2.45, 2.75) is 39.2 Å². The molecule has 0 aliphatic heterocycles. The van der Waals surface area contributed by atoms with Crippen molar-refractivity contribution >= 4 is 11.9 Å². The van der Waals surface area contributed by atoms with Gasteiger partial charge in [-0.1, -0.05) is 48.9 Å². The van der Waals surface area contributed by atoms with Gasteiger partial charge in [0.15, 0.2) is 0 Å². The first kappa shape index (κ1) is 19.7. The van der Waals surface area contributed by atoms with Crippen molar-refractivity contribution in [1.29, 1.82) is 0 Å². The molecular weight excluding hydrogens is 302 g/mol. The Morgan fingerprint density at radius 1 is 1.25 bits per heavy atom. The van der Waals surface area contributed by atoms with Crippen LogP contribution in [0.4, 0.5) is 0 Å². The van der Waals surface area contributed by atoms with E-state index in [-0.39, 0.29) is 30.4 Å². The summed E-state index contributed by atoms with van der Waals surface area (Å²) < 4.78 is 5.38. The molecule has 0 aromatic heterocycles. The SMILES string of the molecule is C=CCC(C)C(=O)OCC(NC(=O)CCC(=C)C)c1ccccc1. The highest BCUT2D eigenvalue weighted by Crippen LogP contribution is 2.15. The lowest BCUT2D eigenvalue weighted by molar-refractivity contribution is -0.149. The Labute approximate surface area is 144 Å². The van der Waals surface area contributed by atoms with Crippen LogP contribution in [0.25, 0.3) is 0 Å². The van der Waals surface area contributed by atoms with E-state index in [2.05, 4.69) is 18.5 Å². The van der Waals surface area contributed by atoms with Gasteiger partial charge in [0, 0.05) is 6.42 Å². The molecule has 1 rings (SSSR count). The van der Waals surface area contributed by atoms with Gasteiger partial charge < -0.3 is 10.1 Å². The summed E-state index contributed by atoms with van der Waals surface area (Å²) in [6.07, 6.45) is 3.28. The molecule has 1 aromatic carbocycles. The summed E-state index contributed by atoms with van der Waals surface area (Å²) in [6.45, 7) is 11.2. The lowest BCUT2D eigenvalue weighted by Gasteiger charge is -2.20. The van der Waals surface area contributed by atoms with E-state index in [4.69, 9.17) is 4.74 Å². The molecule has 0 saturated carbocycles. The molecule has 0 bridgehead atoms. The Morgan fingerprint density at radius 2 is 1.92 bits per heavy atom. The van der Waals surface area contributed by atoms with Crippen LogP contribution < -0.4 is 5.32 Å². The summed E-state index contributed by atoms with van der Waals surface area (Å²) >= 11 is 0. The quantitative estimate of drug-likeness (QED) is 0.522. The normalized spacial score (nSPS) is 12.8. The fourth-order valence-electron chi connectivity index (χ4n) is 2.15. The number of carbonyl (C=O) groups excluding carboxylic acids is 2. The summed E-state index contributed by atoms with van der Waals surface area (Å²) in [4.78, 5) is 24.1. The number of carbonyl (C=O) groups is 2. The molecule has 0 spiro atoms. The van der Waals surface area contributed by atoms with E-state index >= 15 is 0 Å². The van der Waals surface area contributed by atoms with Gasteiger partial charge in [0.1, 0.15) is 6.61 Å². The molecule has 0 radical (unpaired) electrons. The molecule has 0 fully saturated rings. The van der Waals surface area contributed by atoms with E-state index in [1.54, 1.807) is 13.0 Å². The summed E-state index contributed by atoms with van der Waals surface area (Å²) in [5.41, 5.74) is 1.87. The second kappa shape index (κ2) is 10.4. The van der Waals surface area contributed by atoms with Gasteiger partial charge in [-0.3, -0.25) is 9.59 Å². The summed E-state index contributed by atoms with van der Waals surface area (Å²) in [5.74, 6) is -0.605. The van der Waals surface area contributed by atoms with Crippen LogP contribution in [0.3, 0.4) is 0 Å². The van der Waals surface area contributed by atoms with Crippen LogP contribution >= 0.6 is 0 Å². The number of esters is 1. The molecule has 1 aromatic rings. The first-order chi connectivity index (χ1) is 11.4. The average molecular weight is 329 g/mol. The fourth-order valence-corrected chi connectivity index (χ4v) is 2.15. The van der Waals surface area contributed by atoms with E-state index in [1.165, 1.54) is 0 Å². The highest BCUT2D eigenvalue weighted by Gasteiger charge is 2.19. The van der Waals surface area contributed by atoms with Crippen LogP contribution in [-0.2, 0) is 14.3 Å². The van der Waals surface area contributed by atoms with E-state index in [1.807, 2.05) is 37.3 Å². The number of hydrogen-bond acceptors (Lipinski definition) is 3. The highest BCUT2D eigenvalue weighted by atomic mass is 16.5. The number of rotatable bonds is 10. The maximum absolute atomic E-state index is 12.1. The second-order valence-corrected chi connectivity index (χ2v) is 6.04. The van der Waals surface area contributed by atoms with Crippen molar-refractivity contribution in [2.24, 2.45) is 5.92 Å². The zero-order valence-corrected chi connectivity index (χ0v) is 14.6. The number of ether oxygens (including phenoxy) is 1. The Morgan fingerprint density at radius 3 is 2.50 bits per heavy atom. The molecule has 4 nitrogen and oxygen atoms in total. The van der Waals surface area contributed by atoms with Gasteiger partial charge in [0.2, 0.25) is 5.91 Å². The number of hydrogen-bond donors (Lipinski definition) is 1. The van der Waals surface area contributed by atoms with E-state index in [9.17, 15) is 9.59 Å². The Hall–Kier alpha value is -2.36. The van der Waals surface area contributed by atoms with Crippen molar-refractivity contribution in [3.8, 4) is 0 Å². The minimum absolute atomic E-state index is 0.0814. The van der Waals surface area contributed by atoms with Crippen molar-refractivity contribution < 1.29 is 14.3 Å². The smallest absolute Gasteiger partial charge is 0.309 e. The predicted octanol–water partition coefficient (Wildman–Crippen LogP) is 3.96.